The van der Waals surface area contributed by atoms with Crippen LogP contribution in [0.2, 0.25) is 0 Å². The summed E-state index contributed by atoms with van der Waals surface area (Å²) in [5.74, 6) is -1.83. The van der Waals surface area contributed by atoms with Crippen molar-refractivity contribution in [2.24, 2.45) is 5.92 Å². The van der Waals surface area contributed by atoms with Gasteiger partial charge in [0.1, 0.15) is 12.4 Å². The van der Waals surface area contributed by atoms with Gasteiger partial charge in [-0.15, -0.1) is 0 Å². The number of rotatable bonds is 11. The summed E-state index contributed by atoms with van der Waals surface area (Å²) in [5, 5.41) is -0.740. The Morgan fingerprint density at radius 3 is 2.31 bits per heavy atom. The first kappa shape index (κ1) is 25.8. The second-order valence-corrected chi connectivity index (χ2v) is 9.26. The number of hydrogen-bond donors (Lipinski definition) is 1. The van der Waals surface area contributed by atoms with Gasteiger partial charge in [0, 0.05) is 25.6 Å². The van der Waals surface area contributed by atoms with E-state index in [2.05, 4.69) is 22.3 Å². The third-order valence-electron chi connectivity index (χ3n) is 4.54. The minimum Gasteiger partial charge on any atom is -0.464 e. The summed E-state index contributed by atoms with van der Waals surface area (Å²) in [7, 11) is 0. The van der Waals surface area contributed by atoms with Crippen molar-refractivity contribution in [1.82, 2.24) is 4.90 Å². The molecule has 1 atom stereocenters. The van der Waals surface area contributed by atoms with Gasteiger partial charge < -0.3 is 14.2 Å². The average molecular weight is 450 g/mol. The SMILES string of the molecule is CC(=O)OCOC(=O)SC(C)(C)C(=O)C[C@@H](CS)C(=O)OCCN1CCCCC1. The Hall–Kier alpha value is -1.26. The van der Waals surface area contributed by atoms with Gasteiger partial charge in [0.15, 0.2) is 0 Å². The fourth-order valence-corrected chi connectivity index (χ4v) is 3.72. The number of nitrogens with zero attached hydrogens (tertiary/aromatic N) is 1. The molecule has 0 N–H and O–H groups in total. The van der Waals surface area contributed by atoms with Crippen molar-refractivity contribution >= 4 is 47.4 Å². The summed E-state index contributed by atoms with van der Waals surface area (Å²) in [5.41, 5.74) is 0. The predicted molar refractivity (Wildman–Crippen MR) is 113 cm³/mol. The van der Waals surface area contributed by atoms with E-state index in [9.17, 15) is 19.2 Å². The molecule has 1 aliphatic rings. The molecule has 0 aromatic heterocycles. The Balaban J connectivity index is 2.42. The first-order chi connectivity index (χ1) is 13.7. The standard InChI is InChI=1S/C19H31NO7S2/c1-14(21)26-13-27-18(24)29-19(2,3)16(22)11-15(12-28)17(23)25-10-9-20-7-5-4-6-8-20/h15,28H,4-13H2,1-3H3/t15-/m0/s1. The molecule has 0 aliphatic carbocycles. The summed E-state index contributed by atoms with van der Waals surface area (Å²) in [4.78, 5) is 49.7. The molecule has 0 aromatic carbocycles. The maximum atomic E-state index is 12.6. The van der Waals surface area contributed by atoms with Crippen molar-refractivity contribution in [1.29, 1.82) is 0 Å². The van der Waals surface area contributed by atoms with Crippen LogP contribution in [0.4, 0.5) is 4.79 Å². The lowest BCUT2D eigenvalue weighted by Crippen LogP contribution is -2.36. The second-order valence-electron chi connectivity index (χ2n) is 7.34. The molecule has 0 radical (unpaired) electrons. The highest BCUT2D eigenvalue weighted by molar-refractivity contribution is 8.15. The second kappa shape index (κ2) is 13.1. The highest BCUT2D eigenvalue weighted by Crippen LogP contribution is 2.30. The lowest BCUT2D eigenvalue weighted by atomic mass is 9.97. The van der Waals surface area contributed by atoms with Crippen LogP contribution in [0.5, 0.6) is 0 Å². The van der Waals surface area contributed by atoms with Crippen LogP contribution in [0.25, 0.3) is 0 Å². The molecule has 8 nitrogen and oxygen atoms in total. The molecule has 166 valence electrons. The van der Waals surface area contributed by atoms with Crippen LogP contribution in [0.15, 0.2) is 0 Å². The summed E-state index contributed by atoms with van der Waals surface area (Å²) < 4.78 is 13.5. The normalized spacial score (nSPS) is 16.0. The van der Waals surface area contributed by atoms with E-state index in [1.165, 1.54) is 13.3 Å². The van der Waals surface area contributed by atoms with Gasteiger partial charge in [-0.2, -0.15) is 12.6 Å². The van der Waals surface area contributed by atoms with Gasteiger partial charge in [0.25, 0.3) is 0 Å². The smallest absolute Gasteiger partial charge is 0.371 e. The summed E-state index contributed by atoms with van der Waals surface area (Å²) in [6.07, 6.45) is 3.49. The summed E-state index contributed by atoms with van der Waals surface area (Å²) in [6.45, 7) is 6.85. The van der Waals surface area contributed by atoms with E-state index in [4.69, 9.17) is 9.47 Å². The highest BCUT2D eigenvalue weighted by Gasteiger charge is 2.35. The van der Waals surface area contributed by atoms with E-state index >= 15 is 0 Å². The molecule has 29 heavy (non-hydrogen) atoms. The van der Waals surface area contributed by atoms with Crippen molar-refractivity contribution < 1.29 is 33.4 Å². The lowest BCUT2D eigenvalue weighted by molar-refractivity contribution is -0.150. The Kier molecular flexibility index (Phi) is 11.7. The molecule has 1 rings (SSSR count). The molecule has 10 heteroatoms. The van der Waals surface area contributed by atoms with Gasteiger partial charge in [-0.05, 0) is 51.5 Å². The third-order valence-corrected chi connectivity index (χ3v) is 6.00. The molecule has 0 saturated carbocycles. The number of Topliss-reactive ketones (excluding diaryl/α,β-unsaturated/α-hetero) is 1. The third kappa shape index (κ3) is 10.4. The van der Waals surface area contributed by atoms with Crippen LogP contribution >= 0.6 is 24.4 Å². The predicted octanol–water partition coefficient (Wildman–Crippen LogP) is 2.69. The number of carbonyl (C=O) groups is 4. The van der Waals surface area contributed by atoms with Crippen LogP contribution in [0, 0.1) is 5.92 Å². The van der Waals surface area contributed by atoms with Crippen LogP contribution in [0.1, 0.15) is 46.5 Å². The summed E-state index contributed by atoms with van der Waals surface area (Å²) in [6, 6.07) is 0. The van der Waals surface area contributed by atoms with Gasteiger partial charge in [0.05, 0.1) is 10.7 Å². The van der Waals surface area contributed by atoms with Gasteiger partial charge in [0.2, 0.25) is 6.79 Å². The molecule has 0 unspecified atom stereocenters. The number of hydrogen-bond acceptors (Lipinski definition) is 10. The first-order valence-electron chi connectivity index (χ1n) is 9.68. The Morgan fingerprint density at radius 1 is 1.07 bits per heavy atom. The van der Waals surface area contributed by atoms with Gasteiger partial charge >= 0.3 is 17.2 Å². The minimum atomic E-state index is -1.11. The zero-order chi connectivity index (χ0) is 21.9. The number of ether oxygens (including phenoxy) is 3. The zero-order valence-corrected chi connectivity index (χ0v) is 19.0. The molecule has 0 spiro atoms. The van der Waals surface area contributed by atoms with E-state index in [1.54, 1.807) is 13.8 Å². The molecule has 1 aliphatic heterocycles. The van der Waals surface area contributed by atoms with Gasteiger partial charge in [-0.3, -0.25) is 19.3 Å². The van der Waals surface area contributed by atoms with Crippen molar-refractivity contribution in [3.8, 4) is 0 Å². The average Bonchev–Trinajstić information content (AvgIpc) is 2.65. The fourth-order valence-electron chi connectivity index (χ4n) is 2.72. The van der Waals surface area contributed by atoms with Crippen LogP contribution in [-0.2, 0) is 28.6 Å². The number of esters is 2. The van der Waals surface area contributed by atoms with Crippen molar-refractivity contribution in [3.63, 3.8) is 0 Å². The molecule has 1 heterocycles. The topological polar surface area (TPSA) is 99.2 Å². The quantitative estimate of drug-likeness (QED) is 0.290. The molecule has 0 bridgehead atoms. The molecule has 0 aromatic rings. The molecule has 0 amide bonds. The number of thiol groups is 1. The first-order valence-corrected chi connectivity index (χ1v) is 11.1. The van der Waals surface area contributed by atoms with E-state index in [0.717, 1.165) is 25.9 Å². The Bertz CT molecular complexity index is 577. The van der Waals surface area contributed by atoms with Gasteiger partial charge in [-0.25, -0.2) is 4.79 Å². The maximum Gasteiger partial charge on any atom is 0.371 e. The zero-order valence-electron chi connectivity index (χ0n) is 17.3. The molecule has 1 saturated heterocycles. The number of carbonyl (C=O) groups excluding carboxylic acids is 4. The minimum absolute atomic E-state index is 0.0801. The van der Waals surface area contributed by atoms with Crippen molar-refractivity contribution in [3.05, 3.63) is 0 Å². The van der Waals surface area contributed by atoms with Crippen molar-refractivity contribution in [2.75, 3.05) is 38.8 Å². The molecular weight excluding hydrogens is 418 g/mol. The monoisotopic (exact) mass is 449 g/mol. The van der Waals surface area contributed by atoms with E-state index in [1.807, 2.05) is 0 Å². The number of ketones is 1. The Morgan fingerprint density at radius 2 is 1.72 bits per heavy atom. The largest absolute Gasteiger partial charge is 0.464 e. The number of piperidine rings is 1. The van der Waals surface area contributed by atoms with Crippen LogP contribution < -0.4 is 0 Å². The number of thioether (sulfide) groups is 1. The van der Waals surface area contributed by atoms with Crippen LogP contribution in [0.3, 0.4) is 0 Å². The Labute approximate surface area is 181 Å². The van der Waals surface area contributed by atoms with E-state index < -0.39 is 34.7 Å². The molecule has 1 fully saturated rings. The molecular formula is C19H31NO7S2. The van der Waals surface area contributed by atoms with Crippen LogP contribution in [-0.4, -0.2) is 71.5 Å². The summed E-state index contributed by atoms with van der Waals surface area (Å²) >= 11 is 4.85. The van der Waals surface area contributed by atoms with Gasteiger partial charge in [-0.1, -0.05) is 6.42 Å². The fraction of sp³-hybridized carbons (Fsp3) is 0.789. The lowest BCUT2D eigenvalue weighted by Gasteiger charge is -2.26. The van der Waals surface area contributed by atoms with Crippen molar-refractivity contribution in [2.45, 2.75) is 51.2 Å². The highest BCUT2D eigenvalue weighted by atomic mass is 32.2. The van der Waals surface area contributed by atoms with E-state index in [-0.39, 0.29) is 24.6 Å². The maximum absolute atomic E-state index is 12.6. The van der Waals surface area contributed by atoms with E-state index in [0.29, 0.717) is 18.3 Å². The number of likely N-dealkylation sites (tertiary alicyclic amines) is 1.